The van der Waals surface area contributed by atoms with Crippen LogP contribution in [-0.4, -0.2) is 13.8 Å². The van der Waals surface area contributed by atoms with E-state index in [-0.39, 0.29) is 5.54 Å². The van der Waals surface area contributed by atoms with Crippen LogP contribution in [0.5, 0.6) is 0 Å². The summed E-state index contributed by atoms with van der Waals surface area (Å²) in [6.07, 6.45) is 8.73. The lowest BCUT2D eigenvalue weighted by Crippen LogP contribution is -2.61. The Kier molecular flexibility index (Phi) is 3.84. The number of hydrogen-bond donors (Lipinski definition) is 1. The summed E-state index contributed by atoms with van der Waals surface area (Å²) in [7, 11) is -1.56. The largest absolute Gasteiger partial charge is 0.329 e. The molecule has 2 heteroatoms. The minimum absolute atomic E-state index is 0.172. The summed E-state index contributed by atoms with van der Waals surface area (Å²) in [5.74, 6) is 0.467. The first-order chi connectivity index (χ1) is 8.78. The van der Waals surface area contributed by atoms with Crippen LogP contribution in [-0.2, 0) is 0 Å². The lowest BCUT2D eigenvalue weighted by atomic mass is 10.0. The van der Waals surface area contributed by atoms with Crippen molar-refractivity contribution in [1.29, 1.82) is 0 Å². The van der Waals surface area contributed by atoms with Crippen LogP contribution in [0.15, 0.2) is 48.6 Å². The topological polar surface area (TPSA) is 12.0 Å². The highest BCUT2D eigenvalue weighted by Crippen LogP contribution is 2.22. The average molecular weight is 271 g/mol. The molecule has 0 bridgehead atoms. The molecule has 1 aliphatic carbocycles. The van der Waals surface area contributed by atoms with Gasteiger partial charge in [-0.3, -0.25) is 0 Å². The first-order valence-corrected chi connectivity index (χ1v) is 10.0. The standard InChI is InChI=1S/C17H25NSi/c1-17(2,3)18-19(4,5)16-12-10-15(11-13-16)14-8-6-7-9-14/h6-14,18H,1-5H3. The normalized spacial score (nSPS) is 16.3. The zero-order valence-corrected chi connectivity index (χ0v) is 13.7. The lowest BCUT2D eigenvalue weighted by Gasteiger charge is -2.33. The van der Waals surface area contributed by atoms with Crippen molar-refractivity contribution in [2.45, 2.75) is 45.3 Å². The predicted molar refractivity (Wildman–Crippen MR) is 87.5 cm³/mol. The Bertz CT molecular complexity index is 477. The Morgan fingerprint density at radius 1 is 0.947 bits per heavy atom. The predicted octanol–water partition coefficient (Wildman–Crippen LogP) is 3.70. The number of allylic oxidation sites excluding steroid dienone is 4. The maximum Gasteiger partial charge on any atom is 0.151 e. The molecule has 0 unspecified atom stereocenters. The maximum absolute atomic E-state index is 3.81. The Balaban J connectivity index is 2.17. The molecule has 0 amide bonds. The highest BCUT2D eigenvalue weighted by atomic mass is 28.3. The Hall–Kier alpha value is -1.12. The quantitative estimate of drug-likeness (QED) is 0.827. The SMILES string of the molecule is CC(C)(C)N[Si](C)(C)c1ccc(C2C=CC=C2)cc1. The van der Waals surface area contributed by atoms with E-state index < -0.39 is 8.24 Å². The molecule has 1 N–H and O–H groups in total. The van der Waals surface area contributed by atoms with Crippen molar-refractivity contribution in [2.24, 2.45) is 0 Å². The smallest absolute Gasteiger partial charge is 0.151 e. The molecule has 1 nitrogen and oxygen atoms in total. The third kappa shape index (κ3) is 3.68. The highest BCUT2D eigenvalue weighted by molar-refractivity contribution is 6.87. The van der Waals surface area contributed by atoms with Crippen LogP contribution in [0.3, 0.4) is 0 Å². The molecule has 0 saturated carbocycles. The fourth-order valence-corrected chi connectivity index (χ4v) is 5.81. The number of hydrogen-bond acceptors (Lipinski definition) is 1. The van der Waals surface area contributed by atoms with Crippen molar-refractivity contribution in [2.75, 3.05) is 0 Å². The summed E-state index contributed by atoms with van der Waals surface area (Å²) >= 11 is 0. The van der Waals surface area contributed by atoms with Gasteiger partial charge in [-0.05, 0) is 31.5 Å². The number of rotatable bonds is 3. The molecule has 0 heterocycles. The fourth-order valence-electron chi connectivity index (χ4n) is 2.79. The van der Waals surface area contributed by atoms with Gasteiger partial charge < -0.3 is 4.98 Å². The minimum atomic E-state index is -1.56. The summed E-state index contributed by atoms with van der Waals surface area (Å²) in [5, 5.41) is 1.47. The number of benzene rings is 1. The van der Waals surface area contributed by atoms with Gasteiger partial charge in [0.1, 0.15) is 0 Å². The molecule has 0 radical (unpaired) electrons. The third-order valence-electron chi connectivity index (χ3n) is 3.45. The van der Waals surface area contributed by atoms with Crippen molar-refractivity contribution in [1.82, 2.24) is 4.98 Å². The molecule has 2 rings (SSSR count). The molecule has 0 fully saturated rings. The van der Waals surface area contributed by atoms with E-state index in [1.165, 1.54) is 10.8 Å². The highest BCUT2D eigenvalue weighted by Gasteiger charge is 2.28. The van der Waals surface area contributed by atoms with Gasteiger partial charge in [0.05, 0.1) is 0 Å². The summed E-state index contributed by atoms with van der Waals surface area (Å²) in [4.78, 5) is 3.81. The zero-order chi connectivity index (χ0) is 14.1. The molecule has 0 aliphatic heterocycles. The molecule has 19 heavy (non-hydrogen) atoms. The van der Waals surface area contributed by atoms with Crippen LogP contribution in [0.25, 0.3) is 0 Å². The molecule has 0 saturated heterocycles. The van der Waals surface area contributed by atoms with Crippen molar-refractivity contribution in [3.8, 4) is 0 Å². The summed E-state index contributed by atoms with van der Waals surface area (Å²) in [6, 6.07) is 9.17. The molecule has 1 aromatic carbocycles. The molecule has 0 spiro atoms. The molecule has 0 atom stereocenters. The van der Waals surface area contributed by atoms with Gasteiger partial charge in [0.25, 0.3) is 0 Å². The average Bonchev–Trinajstić information content (AvgIpc) is 2.79. The van der Waals surface area contributed by atoms with Crippen molar-refractivity contribution in [3.63, 3.8) is 0 Å². The van der Waals surface area contributed by atoms with Gasteiger partial charge >= 0.3 is 0 Å². The summed E-state index contributed by atoms with van der Waals surface area (Å²) in [5.41, 5.74) is 1.56. The van der Waals surface area contributed by atoms with E-state index in [0.717, 1.165) is 0 Å². The van der Waals surface area contributed by atoms with Gasteiger partial charge in [0, 0.05) is 11.5 Å². The fraction of sp³-hybridized carbons (Fsp3) is 0.412. The van der Waals surface area contributed by atoms with Crippen molar-refractivity contribution < 1.29 is 0 Å². The van der Waals surface area contributed by atoms with Crippen LogP contribution in [0.1, 0.15) is 32.3 Å². The van der Waals surface area contributed by atoms with Gasteiger partial charge in [0.15, 0.2) is 8.24 Å². The van der Waals surface area contributed by atoms with Crippen molar-refractivity contribution in [3.05, 3.63) is 54.1 Å². The second-order valence-electron chi connectivity index (χ2n) is 6.92. The van der Waals surface area contributed by atoms with E-state index >= 15 is 0 Å². The Labute approximate surface area is 118 Å². The Morgan fingerprint density at radius 3 is 1.95 bits per heavy atom. The van der Waals surface area contributed by atoms with Gasteiger partial charge in [-0.1, -0.05) is 61.7 Å². The first kappa shape index (κ1) is 14.3. The molecule has 0 aromatic heterocycles. The van der Waals surface area contributed by atoms with Crippen molar-refractivity contribution >= 4 is 13.4 Å². The lowest BCUT2D eigenvalue weighted by molar-refractivity contribution is 0.515. The molecular weight excluding hydrogens is 246 g/mol. The monoisotopic (exact) mass is 271 g/mol. The molecule has 102 valence electrons. The van der Waals surface area contributed by atoms with Crippen LogP contribution in [0.2, 0.25) is 13.1 Å². The zero-order valence-electron chi connectivity index (χ0n) is 12.7. The second kappa shape index (κ2) is 5.10. The summed E-state index contributed by atoms with van der Waals surface area (Å²) in [6.45, 7) is 11.5. The van der Waals surface area contributed by atoms with Crippen LogP contribution in [0, 0.1) is 0 Å². The van der Waals surface area contributed by atoms with E-state index in [1.54, 1.807) is 0 Å². The van der Waals surface area contributed by atoms with E-state index in [2.05, 4.69) is 87.4 Å². The molecular formula is C17H25NSi. The van der Waals surface area contributed by atoms with Gasteiger partial charge in [-0.15, -0.1) is 0 Å². The molecule has 1 aliphatic rings. The first-order valence-electron chi connectivity index (χ1n) is 7.03. The van der Waals surface area contributed by atoms with Gasteiger partial charge in [-0.25, -0.2) is 0 Å². The van der Waals surface area contributed by atoms with E-state index in [9.17, 15) is 0 Å². The minimum Gasteiger partial charge on any atom is -0.329 e. The molecule has 1 aromatic rings. The van der Waals surface area contributed by atoms with E-state index in [1.807, 2.05) is 0 Å². The maximum atomic E-state index is 3.81. The van der Waals surface area contributed by atoms with Gasteiger partial charge in [0.2, 0.25) is 0 Å². The van der Waals surface area contributed by atoms with Crippen LogP contribution < -0.4 is 10.2 Å². The van der Waals surface area contributed by atoms with Gasteiger partial charge in [-0.2, -0.15) is 0 Å². The second-order valence-corrected chi connectivity index (χ2v) is 11.0. The van der Waals surface area contributed by atoms with Crippen LogP contribution >= 0.6 is 0 Å². The number of nitrogens with one attached hydrogen (secondary N) is 1. The third-order valence-corrected chi connectivity index (χ3v) is 6.60. The summed E-state index contributed by atoms with van der Waals surface area (Å²) < 4.78 is 0. The Morgan fingerprint density at radius 2 is 1.47 bits per heavy atom. The van der Waals surface area contributed by atoms with Crippen LogP contribution in [0.4, 0.5) is 0 Å². The van der Waals surface area contributed by atoms with E-state index in [0.29, 0.717) is 5.92 Å². The van der Waals surface area contributed by atoms with E-state index in [4.69, 9.17) is 0 Å².